The SMILES string of the molecule is CCN1CCN(Cc2cccc(N)c2C(=O)OC)CC1. The van der Waals surface area contributed by atoms with Gasteiger partial charge < -0.3 is 15.4 Å². The average Bonchev–Trinajstić information content (AvgIpc) is 2.47. The van der Waals surface area contributed by atoms with Gasteiger partial charge in [-0.05, 0) is 18.2 Å². The van der Waals surface area contributed by atoms with Crippen molar-refractivity contribution in [2.45, 2.75) is 13.5 Å². The third kappa shape index (κ3) is 3.29. The molecule has 0 unspecified atom stereocenters. The minimum absolute atomic E-state index is 0.356. The molecule has 0 spiro atoms. The molecule has 1 aromatic carbocycles. The number of likely N-dealkylation sites (N-methyl/N-ethyl adjacent to an activating group) is 1. The number of nitrogen functional groups attached to an aromatic ring is 1. The third-order valence-corrected chi connectivity index (χ3v) is 3.88. The molecule has 1 aliphatic heterocycles. The van der Waals surface area contributed by atoms with E-state index in [4.69, 9.17) is 10.5 Å². The number of hydrogen-bond acceptors (Lipinski definition) is 5. The molecule has 1 fully saturated rings. The summed E-state index contributed by atoms with van der Waals surface area (Å²) in [5.41, 5.74) is 7.86. The van der Waals surface area contributed by atoms with E-state index in [1.807, 2.05) is 12.1 Å². The molecule has 2 N–H and O–H groups in total. The summed E-state index contributed by atoms with van der Waals surface area (Å²) in [6, 6.07) is 5.58. The van der Waals surface area contributed by atoms with E-state index in [2.05, 4.69) is 16.7 Å². The van der Waals surface area contributed by atoms with Crippen molar-refractivity contribution in [3.05, 3.63) is 29.3 Å². The normalized spacial score (nSPS) is 17.1. The number of hydrogen-bond donors (Lipinski definition) is 1. The highest BCUT2D eigenvalue weighted by Crippen LogP contribution is 2.20. The zero-order chi connectivity index (χ0) is 14.5. The summed E-state index contributed by atoms with van der Waals surface area (Å²) in [5.74, 6) is -0.356. The number of rotatable bonds is 4. The molecule has 5 heteroatoms. The van der Waals surface area contributed by atoms with Gasteiger partial charge in [-0.2, -0.15) is 0 Å². The zero-order valence-corrected chi connectivity index (χ0v) is 12.3. The van der Waals surface area contributed by atoms with Crippen LogP contribution in [0.1, 0.15) is 22.8 Å². The maximum absolute atomic E-state index is 11.9. The Morgan fingerprint density at radius 3 is 2.50 bits per heavy atom. The monoisotopic (exact) mass is 277 g/mol. The first-order chi connectivity index (χ1) is 9.65. The van der Waals surface area contributed by atoms with Crippen LogP contribution in [0.15, 0.2) is 18.2 Å². The number of carbonyl (C=O) groups excluding carboxylic acids is 1. The number of piperazine rings is 1. The van der Waals surface area contributed by atoms with Gasteiger partial charge in [0.15, 0.2) is 0 Å². The lowest BCUT2D eigenvalue weighted by Crippen LogP contribution is -2.45. The van der Waals surface area contributed by atoms with Crippen LogP contribution in [-0.4, -0.2) is 55.6 Å². The van der Waals surface area contributed by atoms with Gasteiger partial charge in [-0.15, -0.1) is 0 Å². The second kappa shape index (κ2) is 6.72. The number of nitrogens with zero attached hydrogens (tertiary/aromatic N) is 2. The van der Waals surface area contributed by atoms with E-state index >= 15 is 0 Å². The van der Waals surface area contributed by atoms with E-state index in [1.165, 1.54) is 7.11 Å². The van der Waals surface area contributed by atoms with Crippen LogP contribution in [-0.2, 0) is 11.3 Å². The van der Waals surface area contributed by atoms with Crippen LogP contribution in [0.4, 0.5) is 5.69 Å². The predicted octanol–water partition coefficient (Wildman–Crippen LogP) is 1.19. The van der Waals surface area contributed by atoms with Crippen molar-refractivity contribution in [1.82, 2.24) is 9.80 Å². The molecule has 1 saturated heterocycles. The number of esters is 1. The van der Waals surface area contributed by atoms with Gasteiger partial charge in [-0.25, -0.2) is 4.79 Å². The van der Waals surface area contributed by atoms with Crippen molar-refractivity contribution in [3.63, 3.8) is 0 Å². The maximum atomic E-state index is 11.9. The van der Waals surface area contributed by atoms with Crippen molar-refractivity contribution in [1.29, 1.82) is 0 Å². The molecule has 0 aliphatic carbocycles. The summed E-state index contributed by atoms with van der Waals surface area (Å²) in [6.07, 6.45) is 0. The lowest BCUT2D eigenvalue weighted by Gasteiger charge is -2.34. The van der Waals surface area contributed by atoms with Crippen LogP contribution in [0.3, 0.4) is 0 Å². The molecule has 20 heavy (non-hydrogen) atoms. The Labute approximate surface area is 120 Å². The number of methoxy groups -OCH3 is 1. The van der Waals surface area contributed by atoms with Gasteiger partial charge in [-0.1, -0.05) is 19.1 Å². The number of benzene rings is 1. The minimum atomic E-state index is -0.356. The van der Waals surface area contributed by atoms with E-state index < -0.39 is 0 Å². The molecule has 0 amide bonds. The molecule has 1 aliphatic rings. The van der Waals surface area contributed by atoms with Crippen LogP contribution in [0.25, 0.3) is 0 Å². The van der Waals surface area contributed by atoms with Gasteiger partial charge in [0.25, 0.3) is 0 Å². The summed E-state index contributed by atoms with van der Waals surface area (Å²) in [5, 5.41) is 0. The second-order valence-electron chi connectivity index (χ2n) is 5.08. The van der Waals surface area contributed by atoms with Gasteiger partial charge in [0.05, 0.1) is 12.7 Å². The van der Waals surface area contributed by atoms with E-state index in [0.29, 0.717) is 11.3 Å². The Kier molecular flexibility index (Phi) is 4.98. The molecule has 1 heterocycles. The zero-order valence-electron chi connectivity index (χ0n) is 12.3. The third-order valence-electron chi connectivity index (χ3n) is 3.88. The van der Waals surface area contributed by atoms with E-state index in [-0.39, 0.29) is 5.97 Å². The molecule has 110 valence electrons. The van der Waals surface area contributed by atoms with Gasteiger partial charge in [0, 0.05) is 38.4 Å². The van der Waals surface area contributed by atoms with E-state index in [1.54, 1.807) is 6.07 Å². The van der Waals surface area contributed by atoms with Crippen LogP contribution >= 0.6 is 0 Å². The fourth-order valence-corrected chi connectivity index (χ4v) is 2.61. The molecule has 0 saturated carbocycles. The Bertz CT molecular complexity index is 468. The molecule has 5 nitrogen and oxygen atoms in total. The first-order valence-corrected chi connectivity index (χ1v) is 7.06. The quantitative estimate of drug-likeness (QED) is 0.662. The van der Waals surface area contributed by atoms with Crippen molar-refractivity contribution in [2.75, 3.05) is 45.6 Å². The number of ether oxygens (including phenoxy) is 1. The fourth-order valence-electron chi connectivity index (χ4n) is 2.61. The lowest BCUT2D eigenvalue weighted by atomic mass is 10.0. The predicted molar refractivity (Wildman–Crippen MR) is 79.6 cm³/mol. The van der Waals surface area contributed by atoms with Crippen LogP contribution in [0, 0.1) is 0 Å². The maximum Gasteiger partial charge on any atom is 0.340 e. The lowest BCUT2D eigenvalue weighted by molar-refractivity contribution is 0.0598. The molecule has 0 radical (unpaired) electrons. The van der Waals surface area contributed by atoms with Gasteiger partial charge in [0.2, 0.25) is 0 Å². The first kappa shape index (κ1) is 14.8. The molecule has 0 bridgehead atoms. The van der Waals surface area contributed by atoms with Crippen LogP contribution in [0.5, 0.6) is 0 Å². The molecule has 0 aromatic heterocycles. The summed E-state index contributed by atoms with van der Waals surface area (Å²) in [7, 11) is 1.39. The second-order valence-corrected chi connectivity index (χ2v) is 5.08. The smallest absolute Gasteiger partial charge is 0.340 e. The van der Waals surface area contributed by atoms with Gasteiger partial charge >= 0.3 is 5.97 Å². The topological polar surface area (TPSA) is 58.8 Å². The number of carbonyl (C=O) groups is 1. The summed E-state index contributed by atoms with van der Waals surface area (Å²) >= 11 is 0. The molecule has 1 aromatic rings. The Balaban J connectivity index is 2.10. The van der Waals surface area contributed by atoms with Crippen molar-refractivity contribution >= 4 is 11.7 Å². The van der Waals surface area contributed by atoms with Crippen LogP contribution < -0.4 is 5.73 Å². The Morgan fingerprint density at radius 1 is 1.25 bits per heavy atom. The highest BCUT2D eigenvalue weighted by atomic mass is 16.5. The first-order valence-electron chi connectivity index (χ1n) is 7.06. The average molecular weight is 277 g/mol. The molecule has 2 rings (SSSR count). The van der Waals surface area contributed by atoms with Crippen molar-refractivity contribution in [3.8, 4) is 0 Å². The van der Waals surface area contributed by atoms with E-state index in [0.717, 1.165) is 44.8 Å². The molecule has 0 atom stereocenters. The molecular weight excluding hydrogens is 254 g/mol. The summed E-state index contributed by atoms with van der Waals surface area (Å²) in [6.45, 7) is 8.21. The number of nitrogens with two attached hydrogens (primary N) is 1. The number of anilines is 1. The van der Waals surface area contributed by atoms with E-state index in [9.17, 15) is 4.79 Å². The highest BCUT2D eigenvalue weighted by Gasteiger charge is 2.20. The minimum Gasteiger partial charge on any atom is -0.465 e. The summed E-state index contributed by atoms with van der Waals surface area (Å²) < 4.78 is 4.84. The Morgan fingerprint density at radius 2 is 1.90 bits per heavy atom. The molecular formula is C15H23N3O2. The highest BCUT2D eigenvalue weighted by molar-refractivity contribution is 5.96. The van der Waals surface area contributed by atoms with Crippen LogP contribution in [0.2, 0.25) is 0 Å². The Hall–Kier alpha value is -1.59. The van der Waals surface area contributed by atoms with Gasteiger partial charge in [-0.3, -0.25) is 4.90 Å². The fraction of sp³-hybridized carbons (Fsp3) is 0.533. The standard InChI is InChI=1S/C15H23N3O2/c1-3-17-7-9-18(10-8-17)11-12-5-4-6-13(16)14(12)15(19)20-2/h4-6H,3,7-11,16H2,1-2H3. The summed E-state index contributed by atoms with van der Waals surface area (Å²) in [4.78, 5) is 16.6. The van der Waals surface area contributed by atoms with Crippen molar-refractivity contribution in [2.24, 2.45) is 0 Å². The van der Waals surface area contributed by atoms with Crippen molar-refractivity contribution < 1.29 is 9.53 Å². The van der Waals surface area contributed by atoms with Gasteiger partial charge in [0.1, 0.15) is 0 Å². The largest absolute Gasteiger partial charge is 0.465 e.